The van der Waals surface area contributed by atoms with E-state index in [0.717, 1.165) is 18.4 Å². The summed E-state index contributed by atoms with van der Waals surface area (Å²) in [4.78, 5) is 13.2. The van der Waals surface area contributed by atoms with E-state index in [-0.39, 0.29) is 11.5 Å². The van der Waals surface area contributed by atoms with E-state index in [1.165, 1.54) is 13.2 Å². The first kappa shape index (κ1) is 16.5. The molecule has 1 saturated heterocycles. The van der Waals surface area contributed by atoms with Crippen molar-refractivity contribution in [1.29, 1.82) is 0 Å². The third-order valence-corrected chi connectivity index (χ3v) is 3.73. The summed E-state index contributed by atoms with van der Waals surface area (Å²) >= 11 is 0. The summed E-state index contributed by atoms with van der Waals surface area (Å²) in [6.45, 7) is -1.78. The Balaban J connectivity index is 2.13. The van der Waals surface area contributed by atoms with Crippen molar-refractivity contribution >= 4 is 5.97 Å². The van der Waals surface area contributed by atoms with Crippen molar-refractivity contribution in [3.8, 4) is 11.5 Å². The van der Waals surface area contributed by atoms with Crippen molar-refractivity contribution in [3.05, 3.63) is 23.8 Å². The van der Waals surface area contributed by atoms with Gasteiger partial charge in [-0.2, -0.15) is 8.78 Å². The maximum Gasteiger partial charge on any atom is 0.387 e. The molecule has 1 fully saturated rings. The number of alkyl halides is 2. The number of benzene rings is 1. The first-order valence-corrected chi connectivity index (χ1v) is 7.10. The van der Waals surface area contributed by atoms with E-state index in [1.807, 2.05) is 4.90 Å². The maximum atomic E-state index is 12.3. The molecule has 0 saturated carbocycles. The van der Waals surface area contributed by atoms with Crippen molar-refractivity contribution in [2.24, 2.45) is 0 Å². The summed E-state index contributed by atoms with van der Waals surface area (Å²) in [5.41, 5.74) is 0.798. The van der Waals surface area contributed by atoms with Gasteiger partial charge in [0.15, 0.2) is 11.5 Å². The number of aliphatic carboxylic acids is 1. The van der Waals surface area contributed by atoms with Gasteiger partial charge in [0.2, 0.25) is 0 Å². The molecule has 1 aliphatic heterocycles. The highest BCUT2D eigenvalue weighted by Crippen LogP contribution is 2.30. The molecule has 5 nitrogen and oxygen atoms in total. The zero-order chi connectivity index (χ0) is 16.1. The lowest BCUT2D eigenvalue weighted by Gasteiger charge is -2.32. The molecule has 1 N–H and O–H groups in total. The molecule has 0 amide bonds. The van der Waals surface area contributed by atoms with E-state index >= 15 is 0 Å². The van der Waals surface area contributed by atoms with Crippen molar-refractivity contribution < 1.29 is 28.2 Å². The average molecular weight is 315 g/mol. The molecular formula is C15H19F2NO4. The second-order valence-electron chi connectivity index (χ2n) is 5.18. The van der Waals surface area contributed by atoms with Gasteiger partial charge in [-0.05, 0) is 37.1 Å². The number of nitrogens with zero attached hydrogens (tertiary/aromatic N) is 1. The highest BCUT2D eigenvalue weighted by molar-refractivity contribution is 5.73. The number of ether oxygens (including phenoxy) is 2. The topological polar surface area (TPSA) is 59.0 Å². The molecule has 7 heteroatoms. The Bertz CT molecular complexity index is 524. The largest absolute Gasteiger partial charge is 0.493 e. The van der Waals surface area contributed by atoms with Gasteiger partial charge in [0.05, 0.1) is 7.11 Å². The van der Waals surface area contributed by atoms with E-state index in [2.05, 4.69) is 4.74 Å². The first-order chi connectivity index (χ1) is 10.5. The Labute approximate surface area is 127 Å². The van der Waals surface area contributed by atoms with Gasteiger partial charge in [-0.25, -0.2) is 0 Å². The molecule has 122 valence electrons. The Morgan fingerprint density at radius 3 is 2.82 bits per heavy atom. The summed E-state index contributed by atoms with van der Waals surface area (Å²) < 4.78 is 34.0. The highest BCUT2D eigenvalue weighted by Gasteiger charge is 2.28. The molecule has 2 rings (SSSR count). The Hall–Kier alpha value is -1.89. The summed E-state index contributed by atoms with van der Waals surface area (Å²) in [5.74, 6) is -0.652. The van der Waals surface area contributed by atoms with Gasteiger partial charge in [0, 0.05) is 6.54 Å². The van der Waals surface area contributed by atoms with Crippen molar-refractivity contribution in [1.82, 2.24) is 4.90 Å². The standard InChI is InChI=1S/C15H19F2NO4/c1-21-13-8-10(5-6-12(13)22-15(16)17)9-18-7-3-2-4-11(18)14(19)20/h5-6,8,11,15H,2-4,7,9H2,1H3,(H,19,20). The van der Waals surface area contributed by atoms with Gasteiger partial charge < -0.3 is 14.6 Å². The lowest BCUT2D eigenvalue weighted by atomic mass is 10.0. The molecule has 0 spiro atoms. The quantitative estimate of drug-likeness (QED) is 0.875. The van der Waals surface area contributed by atoms with Crippen molar-refractivity contribution in [2.75, 3.05) is 13.7 Å². The molecule has 1 heterocycles. The van der Waals surface area contributed by atoms with Crippen LogP contribution in [0.4, 0.5) is 8.78 Å². The van der Waals surface area contributed by atoms with Gasteiger partial charge in [-0.3, -0.25) is 9.69 Å². The number of likely N-dealkylation sites (tertiary alicyclic amines) is 1. The zero-order valence-electron chi connectivity index (χ0n) is 12.3. The molecule has 22 heavy (non-hydrogen) atoms. The van der Waals surface area contributed by atoms with E-state index < -0.39 is 18.6 Å². The zero-order valence-corrected chi connectivity index (χ0v) is 12.3. The molecule has 0 bridgehead atoms. The molecule has 1 aromatic carbocycles. The fourth-order valence-corrected chi connectivity index (χ4v) is 2.70. The van der Waals surface area contributed by atoms with E-state index in [1.54, 1.807) is 12.1 Å². The molecule has 0 radical (unpaired) electrons. The van der Waals surface area contributed by atoms with Gasteiger partial charge in [-0.1, -0.05) is 12.5 Å². The summed E-state index contributed by atoms with van der Waals surface area (Å²) in [6.07, 6.45) is 2.48. The number of carbonyl (C=O) groups is 1. The van der Waals surface area contributed by atoms with E-state index in [9.17, 15) is 18.7 Å². The monoisotopic (exact) mass is 315 g/mol. The summed E-state index contributed by atoms with van der Waals surface area (Å²) in [5, 5.41) is 9.26. The molecular weight excluding hydrogens is 296 g/mol. The molecule has 1 atom stereocenters. The van der Waals surface area contributed by atoms with Gasteiger partial charge in [0.25, 0.3) is 0 Å². The van der Waals surface area contributed by atoms with Crippen LogP contribution in [0.25, 0.3) is 0 Å². The number of halogens is 2. The fraction of sp³-hybridized carbons (Fsp3) is 0.533. The van der Waals surface area contributed by atoms with E-state index in [4.69, 9.17) is 4.74 Å². The molecule has 1 unspecified atom stereocenters. The summed E-state index contributed by atoms with van der Waals surface area (Å²) in [7, 11) is 1.37. The Morgan fingerprint density at radius 1 is 1.41 bits per heavy atom. The number of methoxy groups -OCH3 is 1. The second kappa shape index (κ2) is 7.40. The number of hydrogen-bond donors (Lipinski definition) is 1. The third-order valence-electron chi connectivity index (χ3n) is 3.73. The van der Waals surface area contributed by atoms with Crippen LogP contribution in [0.15, 0.2) is 18.2 Å². The molecule has 0 aromatic heterocycles. The fourth-order valence-electron chi connectivity index (χ4n) is 2.70. The first-order valence-electron chi connectivity index (χ1n) is 7.10. The van der Waals surface area contributed by atoms with Crippen LogP contribution < -0.4 is 9.47 Å². The minimum atomic E-state index is -2.92. The minimum Gasteiger partial charge on any atom is -0.493 e. The Morgan fingerprint density at radius 2 is 2.18 bits per heavy atom. The van der Waals surface area contributed by atoms with Crippen molar-refractivity contribution in [2.45, 2.75) is 38.5 Å². The lowest BCUT2D eigenvalue weighted by molar-refractivity contribution is -0.144. The lowest BCUT2D eigenvalue weighted by Crippen LogP contribution is -2.43. The maximum absolute atomic E-state index is 12.3. The predicted octanol–water partition coefficient (Wildman–Crippen LogP) is 2.74. The van der Waals surface area contributed by atoms with Crippen LogP contribution in [0.3, 0.4) is 0 Å². The molecule has 1 aliphatic rings. The van der Waals surface area contributed by atoms with Crippen LogP contribution in [0, 0.1) is 0 Å². The second-order valence-corrected chi connectivity index (χ2v) is 5.18. The highest BCUT2D eigenvalue weighted by atomic mass is 19.3. The van der Waals surface area contributed by atoms with E-state index in [0.29, 0.717) is 19.5 Å². The van der Waals surface area contributed by atoms with Crippen LogP contribution >= 0.6 is 0 Å². The summed E-state index contributed by atoms with van der Waals surface area (Å²) in [6, 6.07) is 4.16. The third kappa shape index (κ3) is 4.07. The minimum absolute atomic E-state index is 0.0327. The van der Waals surface area contributed by atoms with Gasteiger partial charge in [-0.15, -0.1) is 0 Å². The average Bonchev–Trinajstić information content (AvgIpc) is 2.48. The number of carboxylic acids is 1. The van der Waals surface area contributed by atoms with Crippen LogP contribution in [0.5, 0.6) is 11.5 Å². The number of rotatable bonds is 6. The van der Waals surface area contributed by atoms with Crippen LogP contribution in [0.1, 0.15) is 24.8 Å². The van der Waals surface area contributed by atoms with Crippen LogP contribution in [-0.4, -0.2) is 42.3 Å². The predicted molar refractivity (Wildman–Crippen MR) is 75.3 cm³/mol. The SMILES string of the molecule is COc1cc(CN2CCCCC2C(=O)O)ccc1OC(F)F. The van der Waals surface area contributed by atoms with Gasteiger partial charge >= 0.3 is 12.6 Å². The van der Waals surface area contributed by atoms with Crippen molar-refractivity contribution in [3.63, 3.8) is 0 Å². The number of carboxylic acid groups (broad SMARTS) is 1. The number of hydrogen-bond acceptors (Lipinski definition) is 4. The number of piperidine rings is 1. The molecule has 1 aromatic rings. The normalized spacial score (nSPS) is 19.2. The Kier molecular flexibility index (Phi) is 5.54. The van der Waals surface area contributed by atoms with Crippen LogP contribution in [0.2, 0.25) is 0 Å². The smallest absolute Gasteiger partial charge is 0.387 e. The van der Waals surface area contributed by atoms with Gasteiger partial charge in [0.1, 0.15) is 6.04 Å². The molecule has 0 aliphatic carbocycles. The van der Waals surface area contributed by atoms with Crippen LogP contribution in [-0.2, 0) is 11.3 Å².